The van der Waals surface area contributed by atoms with Gasteiger partial charge < -0.3 is 34.1 Å². The number of morpholine rings is 1. The zero-order chi connectivity index (χ0) is 32.4. The van der Waals surface area contributed by atoms with Gasteiger partial charge in [-0.2, -0.15) is 0 Å². The molecule has 2 aliphatic heterocycles. The summed E-state index contributed by atoms with van der Waals surface area (Å²) in [6, 6.07) is 0. The first-order valence-electron chi connectivity index (χ1n) is 18.3. The standard InChI is InChI=1S/C37H61NO7/c1-9-43-30(33(5,6)41)23-20-22(2)27-28(44-23)29(39)35(8)25-11-10-24-32(3,4)26(45-31(40)38-16-18-42-19-17-38)12-13-36(24)21-37(25,36)15-14-34(27,35)7/h22-30,39,41H,9-21H2,1-8H3/t22?,23?,24-,25?,26?,27?,28?,29-,30-,34+,35+,36+,37-/m0/s1. The molecule has 13 atom stereocenters. The van der Waals surface area contributed by atoms with Crippen molar-refractivity contribution in [3.8, 4) is 0 Å². The Labute approximate surface area is 271 Å². The smallest absolute Gasteiger partial charge is 0.410 e. The number of carbonyl (C=O) groups is 1. The van der Waals surface area contributed by atoms with Gasteiger partial charge in [0, 0.05) is 30.5 Å². The summed E-state index contributed by atoms with van der Waals surface area (Å²) in [5.41, 5.74) is -0.840. The number of hydrogen-bond acceptors (Lipinski definition) is 7. The number of aliphatic hydroxyl groups excluding tert-OH is 1. The Kier molecular flexibility index (Phi) is 7.63. The van der Waals surface area contributed by atoms with Crippen molar-refractivity contribution in [1.82, 2.24) is 4.90 Å². The Morgan fingerprint density at radius 2 is 1.69 bits per heavy atom. The maximum absolute atomic E-state index is 13.2. The van der Waals surface area contributed by atoms with E-state index in [1.165, 1.54) is 12.8 Å². The predicted octanol–water partition coefficient (Wildman–Crippen LogP) is 5.81. The fourth-order valence-electron chi connectivity index (χ4n) is 13.6. The maximum Gasteiger partial charge on any atom is 0.410 e. The van der Waals surface area contributed by atoms with Gasteiger partial charge in [-0.25, -0.2) is 4.79 Å². The second-order valence-corrected chi connectivity index (χ2v) is 18.1. The van der Waals surface area contributed by atoms with Crippen LogP contribution in [0.15, 0.2) is 0 Å². The van der Waals surface area contributed by atoms with Crippen molar-refractivity contribution >= 4 is 6.09 Å². The van der Waals surface area contributed by atoms with Crippen LogP contribution in [0, 0.1) is 50.7 Å². The topological polar surface area (TPSA) is 97.7 Å². The van der Waals surface area contributed by atoms with Crippen LogP contribution in [-0.2, 0) is 18.9 Å². The van der Waals surface area contributed by atoms with Crippen molar-refractivity contribution in [2.24, 2.45) is 50.7 Å². The zero-order valence-corrected chi connectivity index (χ0v) is 29.3. The molecule has 2 saturated heterocycles. The molecule has 256 valence electrons. The molecule has 2 spiro atoms. The summed E-state index contributed by atoms with van der Waals surface area (Å²) < 4.78 is 24.8. The van der Waals surface area contributed by atoms with Crippen LogP contribution in [-0.4, -0.2) is 90.2 Å². The Hall–Kier alpha value is -0.930. The third-order valence-electron chi connectivity index (χ3n) is 15.7. The highest BCUT2D eigenvalue weighted by Crippen LogP contribution is 2.89. The summed E-state index contributed by atoms with van der Waals surface area (Å²) in [6.07, 6.45) is 7.04. The minimum Gasteiger partial charge on any atom is -0.446 e. The van der Waals surface area contributed by atoms with E-state index in [1.54, 1.807) is 0 Å². The first kappa shape index (κ1) is 32.6. The number of carbonyl (C=O) groups excluding carboxylic acids is 1. The molecule has 2 heterocycles. The first-order chi connectivity index (χ1) is 21.1. The monoisotopic (exact) mass is 631 g/mol. The van der Waals surface area contributed by atoms with Crippen molar-refractivity contribution in [1.29, 1.82) is 0 Å². The van der Waals surface area contributed by atoms with E-state index in [-0.39, 0.29) is 57.4 Å². The van der Waals surface area contributed by atoms with Gasteiger partial charge in [-0.1, -0.05) is 34.6 Å². The number of hydrogen-bond donors (Lipinski definition) is 2. The van der Waals surface area contributed by atoms with E-state index >= 15 is 0 Å². The van der Waals surface area contributed by atoms with Gasteiger partial charge in [0.1, 0.15) is 12.2 Å². The predicted molar refractivity (Wildman–Crippen MR) is 170 cm³/mol. The third kappa shape index (κ3) is 4.29. The molecule has 45 heavy (non-hydrogen) atoms. The Bertz CT molecular complexity index is 1160. The summed E-state index contributed by atoms with van der Waals surface area (Å²) in [5.74, 6) is 1.63. The van der Waals surface area contributed by atoms with Gasteiger partial charge in [-0.05, 0) is 112 Å². The van der Waals surface area contributed by atoms with Crippen LogP contribution in [0.5, 0.6) is 0 Å². The van der Waals surface area contributed by atoms with Crippen molar-refractivity contribution in [2.75, 3.05) is 32.9 Å². The normalized spacial score (nSPS) is 50.8. The molecule has 7 fully saturated rings. The number of ether oxygens (including phenoxy) is 4. The molecule has 7 rings (SSSR count). The van der Waals surface area contributed by atoms with Crippen molar-refractivity contribution < 1.29 is 34.0 Å². The first-order valence-corrected chi connectivity index (χ1v) is 18.3. The summed E-state index contributed by atoms with van der Waals surface area (Å²) in [4.78, 5) is 15.0. The lowest BCUT2D eigenvalue weighted by atomic mass is 9.41. The van der Waals surface area contributed by atoms with Crippen LogP contribution in [0.1, 0.15) is 107 Å². The third-order valence-corrected chi connectivity index (χ3v) is 15.7. The van der Waals surface area contributed by atoms with Crippen molar-refractivity contribution in [3.63, 3.8) is 0 Å². The number of aliphatic hydroxyl groups is 2. The lowest BCUT2D eigenvalue weighted by Crippen LogP contribution is -2.60. The fraction of sp³-hybridized carbons (Fsp3) is 0.973. The number of rotatable bonds is 5. The zero-order valence-electron chi connectivity index (χ0n) is 29.3. The molecular formula is C37H61NO7. The molecule has 6 unspecified atom stereocenters. The minimum atomic E-state index is -1.03. The SMILES string of the molecule is CCO[C@@H](C1CC(C)C2C(O1)[C@H](O)[C@@]1(C)C3CC[C@H]4C(C)(C)C(OC(=O)N5CCOCC5)CC[C@@]45C[C@@]35CC[C@]21C)C(C)(C)O. The van der Waals surface area contributed by atoms with E-state index in [2.05, 4.69) is 34.6 Å². The molecule has 0 aromatic carbocycles. The van der Waals surface area contributed by atoms with E-state index in [9.17, 15) is 15.0 Å². The summed E-state index contributed by atoms with van der Waals surface area (Å²) in [7, 11) is 0. The van der Waals surface area contributed by atoms with Gasteiger partial charge >= 0.3 is 6.09 Å². The molecule has 8 nitrogen and oxygen atoms in total. The number of nitrogens with zero attached hydrogens (tertiary/aromatic N) is 1. The summed E-state index contributed by atoms with van der Waals surface area (Å²) in [6.45, 7) is 20.5. The van der Waals surface area contributed by atoms with Crippen LogP contribution < -0.4 is 0 Å². The fourth-order valence-corrected chi connectivity index (χ4v) is 13.6. The quantitative estimate of drug-likeness (QED) is 0.395. The average Bonchev–Trinajstić information content (AvgIpc) is 3.61. The maximum atomic E-state index is 13.2. The van der Waals surface area contributed by atoms with Gasteiger partial charge in [0.05, 0.1) is 37.1 Å². The van der Waals surface area contributed by atoms with Gasteiger partial charge in [-0.15, -0.1) is 0 Å². The second-order valence-electron chi connectivity index (χ2n) is 18.1. The average molecular weight is 632 g/mol. The van der Waals surface area contributed by atoms with Gasteiger partial charge in [-0.3, -0.25) is 0 Å². The van der Waals surface area contributed by atoms with Crippen LogP contribution in [0.25, 0.3) is 0 Å². The van der Waals surface area contributed by atoms with Crippen LogP contribution >= 0.6 is 0 Å². The highest BCUT2D eigenvalue weighted by atomic mass is 16.6. The van der Waals surface area contributed by atoms with Crippen LogP contribution in [0.4, 0.5) is 4.79 Å². The van der Waals surface area contributed by atoms with Crippen LogP contribution in [0.2, 0.25) is 0 Å². The van der Waals surface area contributed by atoms with E-state index in [4.69, 9.17) is 18.9 Å². The molecule has 0 bridgehead atoms. The molecule has 5 aliphatic carbocycles. The Morgan fingerprint density at radius 1 is 1.02 bits per heavy atom. The van der Waals surface area contributed by atoms with E-state index < -0.39 is 17.8 Å². The van der Waals surface area contributed by atoms with E-state index in [0.717, 1.165) is 38.5 Å². The van der Waals surface area contributed by atoms with E-state index in [0.29, 0.717) is 50.7 Å². The van der Waals surface area contributed by atoms with Gasteiger partial charge in [0.15, 0.2) is 0 Å². The lowest BCUT2D eigenvalue weighted by Gasteiger charge is -2.63. The van der Waals surface area contributed by atoms with Crippen molar-refractivity contribution in [3.05, 3.63) is 0 Å². The second kappa shape index (κ2) is 10.5. The molecule has 5 saturated carbocycles. The Morgan fingerprint density at radius 3 is 2.36 bits per heavy atom. The molecule has 0 aromatic rings. The minimum absolute atomic E-state index is 0.00967. The Balaban J connectivity index is 1.14. The van der Waals surface area contributed by atoms with Gasteiger partial charge in [0.25, 0.3) is 0 Å². The molecule has 1 amide bonds. The lowest BCUT2D eigenvalue weighted by molar-refractivity contribution is -0.215. The number of amides is 1. The molecular weight excluding hydrogens is 570 g/mol. The largest absolute Gasteiger partial charge is 0.446 e. The molecule has 0 radical (unpaired) electrons. The molecule has 8 heteroatoms. The van der Waals surface area contributed by atoms with Crippen LogP contribution in [0.3, 0.4) is 0 Å². The summed E-state index contributed by atoms with van der Waals surface area (Å²) in [5, 5.41) is 23.6. The highest BCUT2D eigenvalue weighted by molar-refractivity contribution is 5.68. The highest BCUT2D eigenvalue weighted by Gasteiger charge is 2.84. The summed E-state index contributed by atoms with van der Waals surface area (Å²) >= 11 is 0. The van der Waals surface area contributed by atoms with Crippen molar-refractivity contribution in [2.45, 2.75) is 143 Å². The van der Waals surface area contributed by atoms with E-state index in [1.807, 2.05) is 25.7 Å². The molecule has 0 aromatic heterocycles. The molecule has 2 N–H and O–H groups in total. The number of fused-ring (bicyclic) bond motifs is 4. The van der Waals surface area contributed by atoms with Gasteiger partial charge in [0.2, 0.25) is 0 Å². The molecule has 7 aliphatic rings.